The normalized spacial score (nSPS) is 18.4. The second-order valence-electron chi connectivity index (χ2n) is 5.10. The molecular weight excluding hydrogens is 291 g/mol. The number of aliphatic imine (C=N–C) groups is 1. The van der Waals surface area contributed by atoms with Crippen LogP contribution in [0.25, 0.3) is 0 Å². The molecule has 6 heteroatoms. The van der Waals surface area contributed by atoms with Crippen LogP contribution in [0, 0.1) is 5.82 Å². The van der Waals surface area contributed by atoms with Crippen molar-refractivity contribution in [1.82, 2.24) is 9.80 Å². The fourth-order valence-corrected chi connectivity index (χ4v) is 2.79. The number of hydrogen-bond acceptors (Lipinski definition) is 4. The summed E-state index contributed by atoms with van der Waals surface area (Å²) in [5.74, 6) is 0.187. The maximum absolute atomic E-state index is 14.1. The summed E-state index contributed by atoms with van der Waals surface area (Å²) in [4.78, 5) is 8.55. The summed E-state index contributed by atoms with van der Waals surface area (Å²) in [6.45, 7) is 8.34. The van der Waals surface area contributed by atoms with Crippen LogP contribution < -0.4 is 5.73 Å². The Morgan fingerprint density at radius 3 is 2.76 bits per heavy atom. The number of nitrogens with zero attached hydrogens (tertiary/aromatic N) is 3. The van der Waals surface area contributed by atoms with E-state index in [1.807, 2.05) is 4.90 Å². The van der Waals surface area contributed by atoms with Crippen LogP contribution in [-0.2, 0) is 0 Å². The molecule has 4 nitrogen and oxygen atoms in total. The zero-order valence-corrected chi connectivity index (χ0v) is 13.3. The average Bonchev–Trinajstić information content (AvgIpc) is 2.81. The molecule has 0 amide bonds. The molecule has 1 unspecified atom stereocenters. The second-order valence-corrected chi connectivity index (χ2v) is 5.54. The maximum atomic E-state index is 14.1. The van der Waals surface area contributed by atoms with Crippen molar-refractivity contribution in [1.29, 1.82) is 0 Å². The van der Waals surface area contributed by atoms with Gasteiger partial charge in [0, 0.05) is 23.7 Å². The molecule has 0 aromatic heterocycles. The van der Waals surface area contributed by atoms with Gasteiger partial charge in [-0.3, -0.25) is 4.99 Å². The Kier molecular flexibility index (Phi) is 5.42. The Hall–Kier alpha value is -1.33. The van der Waals surface area contributed by atoms with Crippen LogP contribution in [0.1, 0.15) is 25.5 Å². The molecule has 1 aromatic rings. The molecule has 0 bridgehead atoms. The highest BCUT2D eigenvalue weighted by Crippen LogP contribution is 2.28. The standard InChI is InChI=1S/C15H22ClFN4/c1-3-20(4-2)7-8-21-14(10-19-15(21)18)12-6-5-11(16)9-13(12)17/h5-6,9,14H,3-4,7-8,10H2,1-2H3,(H2,18,19). The first-order chi connectivity index (χ1) is 10.1. The van der Waals surface area contributed by atoms with Gasteiger partial charge in [0.1, 0.15) is 5.82 Å². The van der Waals surface area contributed by atoms with Crippen LogP contribution in [0.15, 0.2) is 23.2 Å². The minimum atomic E-state index is -0.301. The first-order valence-electron chi connectivity index (χ1n) is 7.30. The lowest BCUT2D eigenvalue weighted by atomic mass is 10.1. The van der Waals surface area contributed by atoms with E-state index >= 15 is 0 Å². The van der Waals surface area contributed by atoms with Gasteiger partial charge in [0.15, 0.2) is 5.96 Å². The highest BCUT2D eigenvalue weighted by atomic mass is 35.5. The molecular formula is C15H22ClFN4. The lowest BCUT2D eigenvalue weighted by Crippen LogP contribution is -2.41. The Labute approximate surface area is 130 Å². The van der Waals surface area contributed by atoms with Gasteiger partial charge in [0.2, 0.25) is 0 Å². The Bertz CT molecular complexity index is 516. The fraction of sp³-hybridized carbons (Fsp3) is 0.533. The Morgan fingerprint density at radius 2 is 2.14 bits per heavy atom. The molecule has 1 aromatic carbocycles. The molecule has 2 rings (SSSR count). The SMILES string of the molecule is CCN(CC)CCN1C(N)=NCC1c1ccc(Cl)cc1F. The van der Waals surface area contributed by atoms with E-state index in [4.69, 9.17) is 17.3 Å². The molecule has 116 valence electrons. The molecule has 21 heavy (non-hydrogen) atoms. The smallest absolute Gasteiger partial charge is 0.191 e. The molecule has 1 atom stereocenters. The summed E-state index contributed by atoms with van der Waals surface area (Å²) in [7, 11) is 0. The summed E-state index contributed by atoms with van der Waals surface area (Å²) in [6.07, 6.45) is 0. The van der Waals surface area contributed by atoms with E-state index in [0.29, 0.717) is 23.1 Å². The van der Waals surface area contributed by atoms with E-state index in [2.05, 4.69) is 23.7 Å². The van der Waals surface area contributed by atoms with Gasteiger partial charge in [-0.15, -0.1) is 0 Å². The van der Waals surface area contributed by atoms with Crippen molar-refractivity contribution in [2.45, 2.75) is 19.9 Å². The van der Waals surface area contributed by atoms with Crippen LogP contribution in [-0.4, -0.2) is 48.5 Å². The number of rotatable bonds is 6. The number of nitrogens with two attached hydrogens (primary N) is 1. The summed E-state index contributed by atoms with van der Waals surface area (Å²) >= 11 is 5.82. The zero-order valence-electron chi connectivity index (χ0n) is 12.5. The predicted molar refractivity (Wildman–Crippen MR) is 85.1 cm³/mol. The third kappa shape index (κ3) is 3.66. The number of halogens is 2. The summed E-state index contributed by atoms with van der Waals surface area (Å²) < 4.78 is 14.1. The van der Waals surface area contributed by atoms with E-state index in [1.165, 1.54) is 6.07 Å². The van der Waals surface area contributed by atoms with Gasteiger partial charge in [0.05, 0.1) is 12.6 Å². The van der Waals surface area contributed by atoms with Crippen LogP contribution in [0.2, 0.25) is 5.02 Å². The third-order valence-electron chi connectivity index (χ3n) is 3.97. The van der Waals surface area contributed by atoms with Gasteiger partial charge in [-0.2, -0.15) is 0 Å². The fourth-order valence-electron chi connectivity index (χ4n) is 2.63. The monoisotopic (exact) mass is 312 g/mol. The van der Waals surface area contributed by atoms with Gasteiger partial charge in [-0.05, 0) is 25.2 Å². The quantitative estimate of drug-likeness (QED) is 0.878. The van der Waals surface area contributed by atoms with Gasteiger partial charge < -0.3 is 15.5 Å². The molecule has 0 saturated heterocycles. The minimum absolute atomic E-state index is 0.141. The van der Waals surface area contributed by atoms with Crippen molar-refractivity contribution in [3.63, 3.8) is 0 Å². The molecule has 1 heterocycles. The number of likely N-dealkylation sites (N-methyl/N-ethyl adjacent to an activating group) is 1. The van der Waals surface area contributed by atoms with E-state index in [0.717, 1.165) is 26.2 Å². The highest BCUT2D eigenvalue weighted by Gasteiger charge is 2.29. The summed E-state index contributed by atoms with van der Waals surface area (Å²) in [6, 6.07) is 4.63. The number of benzene rings is 1. The molecule has 1 aliphatic rings. The molecule has 0 fully saturated rings. The summed E-state index contributed by atoms with van der Waals surface area (Å²) in [5.41, 5.74) is 6.56. The van der Waals surface area contributed by atoms with E-state index < -0.39 is 0 Å². The van der Waals surface area contributed by atoms with Gasteiger partial charge >= 0.3 is 0 Å². The second kappa shape index (κ2) is 7.09. The number of guanidine groups is 1. The van der Waals surface area contributed by atoms with Gasteiger partial charge in [-0.1, -0.05) is 31.5 Å². The van der Waals surface area contributed by atoms with E-state index in [9.17, 15) is 4.39 Å². The maximum Gasteiger partial charge on any atom is 0.191 e. The van der Waals surface area contributed by atoms with Crippen molar-refractivity contribution in [3.8, 4) is 0 Å². The number of hydrogen-bond donors (Lipinski definition) is 1. The molecule has 0 saturated carbocycles. The molecule has 1 aliphatic heterocycles. The average molecular weight is 313 g/mol. The van der Waals surface area contributed by atoms with Gasteiger partial charge in [-0.25, -0.2) is 4.39 Å². The summed E-state index contributed by atoms with van der Waals surface area (Å²) in [5, 5.41) is 0.401. The van der Waals surface area contributed by atoms with E-state index in [-0.39, 0.29) is 11.9 Å². The Balaban J connectivity index is 2.12. The zero-order chi connectivity index (χ0) is 15.4. The van der Waals surface area contributed by atoms with Crippen molar-refractivity contribution >= 4 is 17.6 Å². The topological polar surface area (TPSA) is 44.9 Å². The molecule has 0 aliphatic carbocycles. The first-order valence-corrected chi connectivity index (χ1v) is 7.68. The van der Waals surface area contributed by atoms with Gasteiger partial charge in [0.25, 0.3) is 0 Å². The van der Waals surface area contributed by atoms with Crippen LogP contribution in [0.5, 0.6) is 0 Å². The minimum Gasteiger partial charge on any atom is -0.370 e. The third-order valence-corrected chi connectivity index (χ3v) is 4.20. The lowest BCUT2D eigenvalue weighted by Gasteiger charge is -2.29. The highest BCUT2D eigenvalue weighted by molar-refractivity contribution is 6.30. The Morgan fingerprint density at radius 1 is 1.43 bits per heavy atom. The van der Waals surface area contributed by atoms with E-state index in [1.54, 1.807) is 12.1 Å². The predicted octanol–water partition coefficient (Wildman–Crippen LogP) is 2.49. The molecule has 0 spiro atoms. The lowest BCUT2D eigenvalue weighted by molar-refractivity contribution is 0.246. The van der Waals surface area contributed by atoms with Crippen molar-refractivity contribution in [2.24, 2.45) is 10.7 Å². The van der Waals surface area contributed by atoms with Crippen molar-refractivity contribution in [2.75, 3.05) is 32.7 Å². The van der Waals surface area contributed by atoms with Crippen molar-refractivity contribution in [3.05, 3.63) is 34.6 Å². The van der Waals surface area contributed by atoms with Crippen LogP contribution >= 0.6 is 11.6 Å². The largest absolute Gasteiger partial charge is 0.370 e. The molecule has 0 radical (unpaired) electrons. The van der Waals surface area contributed by atoms with Crippen LogP contribution in [0.3, 0.4) is 0 Å². The first kappa shape index (κ1) is 16.0. The molecule has 2 N–H and O–H groups in total. The van der Waals surface area contributed by atoms with Crippen molar-refractivity contribution < 1.29 is 4.39 Å². The van der Waals surface area contributed by atoms with Crippen LogP contribution in [0.4, 0.5) is 4.39 Å².